The normalized spacial score (nSPS) is 11.2. The van der Waals surface area contributed by atoms with E-state index >= 15 is 0 Å². The topological polar surface area (TPSA) is 41.6 Å². The molecule has 0 bridgehead atoms. The maximum Gasteiger partial charge on any atom is 0.234 e. The number of ether oxygens (including phenoxy) is 1. The Labute approximate surface area is 157 Å². The largest absolute Gasteiger partial charge is 0.492 e. The number of hydrogen-bond donors (Lipinski definition) is 1. The monoisotopic (exact) mass is 376 g/mol. The highest BCUT2D eigenvalue weighted by atomic mass is 32.2. The lowest BCUT2D eigenvalue weighted by Gasteiger charge is -2.06. The molecule has 25 heavy (non-hydrogen) atoms. The van der Waals surface area contributed by atoms with Gasteiger partial charge in [-0.1, -0.05) is 24.3 Å². The number of nitrogens with one attached hydrogen (secondary N) is 1. The molecule has 0 aliphatic heterocycles. The van der Waals surface area contributed by atoms with Gasteiger partial charge < -0.3 is 15.0 Å². The second-order valence-corrected chi connectivity index (χ2v) is 7.74. The minimum Gasteiger partial charge on any atom is -0.492 e. The van der Waals surface area contributed by atoms with E-state index < -0.39 is 0 Å². The van der Waals surface area contributed by atoms with Crippen molar-refractivity contribution in [3.05, 3.63) is 58.9 Å². The third-order valence-electron chi connectivity index (χ3n) is 3.13. The summed E-state index contributed by atoms with van der Waals surface area (Å²) in [5.41, 5.74) is 0. The van der Waals surface area contributed by atoms with Crippen LogP contribution in [0.15, 0.2) is 58.9 Å². The number of amides is 1. The predicted octanol–water partition coefficient (Wildman–Crippen LogP) is 4.00. The second kappa shape index (κ2) is 11.0. The summed E-state index contributed by atoms with van der Waals surface area (Å²) in [5, 5.41) is 4.81. The van der Waals surface area contributed by atoms with Crippen LogP contribution in [0, 0.1) is 0 Å². The van der Waals surface area contributed by atoms with Gasteiger partial charge in [-0.25, -0.2) is 0 Å². The van der Waals surface area contributed by atoms with Crippen molar-refractivity contribution in [3.63, 3.8) is 0 Å². The highest BCUT2D eigenvalue weighted by Crippen LogP contribution is 2.22. The van der Waals surface area contributed by atoms with Gasteiger partial charge in [0.2, 0.25) is 5.91 Å². The summed E-state index contributed by atoms with van der Waals surface area (Å²) in [6.45, 7) is 1.53. The highest BCUT2D eigenvalue weighted by Gasteiger charge is 2.02. The molecule has 1 aromatic heterocycles. The summed E-state index contributed by atoms with van der Waals surface area (Å²) in [4.78, 5) is 16.3. The van der Waals surface area contributed by atoms with E-state index in [1.54, 1.807) is 17.5 Å². The fourth-order valence-electron chi connectivity index (χ4n) is 2.02. The molecule has 6 heteroatoms. The number of carbonyl (C=O) groups is 1. The van der Waals surface area contributed by atoms with E-state index in [2.05, 4.69) is 30.4 Å². The number of benzene rings is 1. The average molecular weight is 377 g/mol. The molecule has 0 spiro atoms. The summed E-state index contributed by atoms with van der Waals surface area (Å²) in [6, 6.07) is 12.0. The van der Waals surface area contributed by atoms with E-state index in [9.17, 15) is 4.79 Å². The number of thiophene rings is 1. The van der Waals surface area contributed by atoms with Gasteiger partial charge in [0.05, 0.1) is 12.4 Å². The van der Waals surface area contributed by atoms with Gasteiger partial charge in [-0.05, 0) is 38.5 Å². The molecule has 0 saturated heterocycles. The Morgan fingerprint density at radius 3 is 2.88 bits per heavy atom. The van der Waals surface area contributed by atoms with Gasteiger partial charge in [-0.2, -0.15) is 0 Å². The molecule has 2 aromatic rings. The molecule has 0 aliphatic rings. The molecular formula is C19H24N2O2S2. The predicted molar refractivity (Wildman–Crippen MR) is 106 cm³/mol. The Kier molecular flexibility index (Phi) is 8.59. The van der Waals surface area contributed by atoms with Crippen molar-refractivity contribution in [1.29, 1.82) is 0 Å². The molecule has 4 nitrogen and oxygen atoms in total. The number of carbonyl (C=O) groups excluding carboxylic acids is 1. The lowest BCUT2D eigenvalue weighted by molar-refractivity contribution is -0.117. The lowest BCUT2D eigenvalue weighted by Crippen LogP contribution is -2.19. The fourth-order valence-corrected chi connectivity index (χ4v) is 3.67. The van der Waals surface area contributed by atoms with Crippen LogP contribution in [0.2, 0.25) is 0 Å². The Morgan fingerprint density at radius 2 is 2.12 bits per heavy atom. The first-order valence-corrected chi connectivity index (χ1v) is 9.97. The van der Waals surface area contributed by atoms with E-state index in [4.69, 9.17) is 4.74 Å². The summed E-state index contributed by atoms with van der Waals surface area (Å²) in [6.07, 6.45) is 4.37. The zero-order chi connectivity index (χ0) is 17.9. The molecule has 2 rings (SSSR count). The highest BCUT2D eigenvalue weighted by molar-refractivity contribution is 8.00. The Morgan fingerprint density at radius 1 is 1.32 bits per heavy atom. The summed E-state index contributed by atoms with van der Waals surface area (Å²) >= 11 is 3.24. The van der Waals surface area contributed by atoms with E-state index in [1.807, 2.05) is 41.8 Å². The number of rotatable bonds is 10. The van der Waals surface area contributed by atoms with Gasteiger partial charge in [0.15, 0.2) is 0 Å². The molecule has 0 radical (unpaired) electrons. The maximum atomic E-state index is 11.7. The fraction of sp³-hybridized carbons (Fsp3) is 0.316. The standard InChI is InChI=1S/C19H24N2O2S2/c1-21(2)13-18-12-16(14-24-18)23-11-7-6-10-20-19(22)15-25-17-8-4-3-5-9-17/h3-6,8-10,12,14H,7,11,13,15H2,1-2H3,(H,20,22)/b10-6-. The summed E-state index contributed by atoms with van der Waals surface area (Å²) in [5.74, 6) is 1.32. The van der Waals surface area contributed by atoms with Crippen LogP contribution >= 0.6 is 23.1 Å². The SMILES string of the molecule is CN(C)Cc1cc(OCC/C=C\NC(=O)CSc2ccccc2)cs1. The van der Waals surface area contributed by atoms with E-state index in [0.717, 1.165) is 23.6 Å². The molecule has 0 aliphatic carbocycles. The van der Waals surface area contributed by atoms with Crippen molar-refractivity contribution in [3.8, 4) is 5.75 Å². The molecule has 1 aromatic carbocycles. The zero-order valence-electron chi connectivity index (χ0n) is 14.6. The molecule has 134 valence electrons. The third-order valence-corrected chi connectivity index (χ3v) is 5.04. The van der Waals surface area contributed by atoms with E-state index in [-0.39, 0.29) is 5.91 Å². The molecule has 1 N–H and O–H groups in total. The molecule has 1 amide bonds. The molecule has 0 atom stereocenters. The van der Waals surface area contributed by atoms with Crippen LogP contribution < -0.4 is 10.1 Å². The molecular weight excluding hydrogens is 352 g/mol. The quantitative estimate of drug-likeness (QED) is 0.503. The molecule has 0 unspecified atom stereocenters. The number of hydrogen-bond acceptors (Lipinski definition) is 5. The van der Waals surface area contributed by atoms with Crippen molar-refractivity contribution >= 4 is 29.0 Å². The van der Waals surface area contributed by atoms with Gasteiger partial charge in [0, 0.05) is 28.1 Å². The minimum atomic E-state index is -0.00261. The van der Waals surface area contributed by atoms with Crippen molar-refractivity contribution in [2.45, 2.75) is 17.9 Å². The van der Waals surface area contributed by atoms with Crippen LogP contribution in [0.5, 0.6) is 5.75 Å². The van der Waals surface area contributed by atoms with Crippen molar-refractivity contribution in [2.75, 3.05) is 26.5 Å². The number of thioether (sulfide) groups is 1. The van der Waals surface area contributed by atoms with E-state index in [1.165, 1.54) is 16.6 Å². The van der Waals surface area contributed by atoms with Gasteiger partial charge in [0.1, 0.15) is 5.75 Å². The first-order chi connectivity index (χ1) is 12.1. The van der Waals surface area contributed by atoms with Crippen LogP contribution in [0.4, 0.5) is 0 Å². The average Bonchev–Trinajstić information content (AvgIpc) is 3.03. The van der Waals surface area contributed by atoms with E-state index in [0.29, 0.717) is 12.4 Å². The maximum absolute atomic E-state index is 11.7. The van der Waals surface area contributed by atoms with Crippen molar-refractivity contribution < 1.29 is 9.53 Å². The van der Waals surface area contributed by atoms with Crippen molar-refractivity contribution in [1.82, 2.24) is 10.2 Å². The zero-order valence-corrected chi connectivity index (χ0v) is 16.2. The third kappa shape index (κ3) is 8.25. The summed E-state index contributed by atoms with van der Waals surface area (Å²) in [7, 11) is 4.11. The van der Waals surface area contributed by atoms with Crippen LogP contribution in [-0.2, 0) is 11.3 Å². The van der Waals surface area contributed by atoms with Crippen LogP contribution in [0.25, 0.3) is 0 Å². The van der Waals surface area contributed by atoms with Crippen LogP contribution in [0.1, 0.15) is 11.3 Å². The Bertz CT molecular complexity index is 669. The van der Waals surface area contributed by atoms with Gasteiger partial charge in [0.25, 0.3) is 0 Å². The Hall–Kier alpha value is -1.76. The minimum absolute atomic E-state index is 0.00261. The number of nitrogens with zero attached hydrogens (tertiary/aromatic N) is 1. The van der Waals surface area contributed by atoms with Crippen molar-refractivity contribution in [2.24, 2.45) is 0 Å². The van der Waals surface area contributed by atoms with Gasteiger partial charge >= 0.3 is 0 Å². The molecule has 0 saturated carbocycles. The lowest BCUT2D eigenvalue weighted by atomic mass is 10.4. The summed E-state index contributed by atoms with van der Waals surface area (Å²) < 4.78 is 5.70. The first kappa shape index (κ1) is 19.6. The molecule has 0 fully saturated rings. The Balaban J connectivity index is 1.57. The second-order valence-electron chi connectivity index (χ2n) is 5.70. The van der Waals surface area contributed by atoms with Crippen LogP contribution in [-0.4, -0.2) is 37.3 Å². The first-order valence-electron chi connectivity index (χ1n) is 8.10. The molecule has 1 heterocycles. The van der Waals surface area contributed by atoms with Gasteiger partial charge in [-0.15, -0.1) is 23.1 Å². The van der Waals surface area contributed by atoms with Crippen LogP contribution in [0.3, 0.4) is 0 Å². The smallest absolute Gasteiger partial charge is 0.234 e. The van der Waals surface area contributed by atoms with Gasteiger partial charge in [-0.3, -0.25) is 4.79 Å².